The molecule has 0 aliphatic carbocycles. The van der Waals surface area contributed by atoms with Gasteiger partial charge in [0.05, 0.1) is 0 Å². The smallest absolute Gasteiger partial charge is 0.282 e. The highest BCUT2D eigenvalue weighted by Crippen LogP contribution is 2.16. The van der Waals surface area contributed by atoms with E-state index < -0.39 is 10.2 Å². The lowest BCUT2D eigenvalue weighted by atomic mass is 10.2. The first kappa shape index (κ1) is 19.1. The number of aromatic nitrogens is 1. The van der Waals surface area contributed by atoms with Crippen LogP contribution < -0.4 is 5.73 Å². The highest BCUT2D eigenvalue weighted by Gasteiger charge is 2.31. The molecule has 0 radical (unpaired) electrons. The Bertz CT molecular complexity index is 609. The van der Waals surface area contributed by atoms with Gasteiger partial charge in [-0.3, -0.25) is 4.90 Å². The van der Waals surface area contributed by atoms with E-state index in [1.807, 2.05) is 26.0 Å². The number of nitrogen functional groups attached to an aromatic ring is 1. The lowest BCUT2D eigenvalue weighted by molar-refractivity contribution is 0.174. The highest BCUT2D eigenvalue weighted by molar-refractivity contribution is 7.86. The van der Waals surface area contributed by atoms with E-state index in [4.69, 9.17) is 5.73 Å². The fraction of sp³-hybridized carbons (Fsp3) is 0.688. The third-order valence-electron chi connectivity index (χ3n) is 4.25. The Morgan fingerprint density at radius 2 is 1.79 bits per heavy atom. The van der Waals surface area contributed by atoms with Crippen LogP contribution in [-0.4, -0.2) is 66.2 Å². The number of nitrogens with zero attached hydrogens (tertiary/aromatic N) is 4. The van der Waals surface area contributed by atoms with Crippen LogP contribution in [0.3, 0.4) is 0 Å². The number of nitrogens with two attached hydrogens (primary N) is 1. The van der Waals surface area contributed by atoms with Gasteiger partial charge >= 0.3 is 0 Å². The standard InChI is InChI=1S/C16H29N5O2S/c1-3-8-20(9-4-2)24(22,23)21-12-10-19(11-13-21)14-15-6-5-7-18-16(15)17/h5-7H,3-4,8-14H2,1-2H3,(H2,17,18). The maximum Gasteiger partial charge on any atom is 0.282 e. The average molecular weight is 356 g/mol. The van der Waals surface area contributed by atoms with Crippen LogP contribution in [0.1, 0.15) is 32.3 Å². The van der Waals surface area contributed by atoms with Crippen LogP contribution in [0.25, 0.3) is 0 Å². The van der Waals surface area contributed by atoms with E-state index in [9.17, 15) is 8.42 Å². The van der Waals surface area contributed by atoms with E-state index in [0.29, 0.717) is 51.6 Å². The average Bonchev–Trinajstić information content (AvgIpc) is 2.57. The molecule has 1 aliphatic heterocycles. The first-order chi connectivity index (χ1) is 11.5. The zero-order valence-corrected chi connectivity index (χ0v) is 15.5. The molecular formula is C16H29N5O2S. The van der Waals surface area contributed by atoms with E-state index >= 15 is 0 Å². The Balaban J connectivity index is 1.95. The van der Waals surface area contributed by atoms with Crippen molar-refractivity contribution in [2.24, 2.45) is 0 Å². The van der Waals surface area contributed by atoms with Gasteiger partial charge in [-0.15, -0.1) is 0 Å². The van der Waals surface area contributed by atoms with E-state index in [0.717, 1.165) is 18.4 Å². The third-order valence-corrected chi connectivity index (χ3v) is 6.29. The predicted molar refractivity (Wildman–Crippen MR) is 96.6 cm³/mol. The summed E-state index contributed by atoms with van der Waals surface area (Å²) in [6, 6.07) is 3.84. The molecule has 0 saturated carbocycles. The summed E-state index contributed by atoms with van der Waals surface area (Å²) < 4.78 is 28.8. The predicted octanol–water partition coefficient (Wildman–Crippen LogP) is 1.15. The van der Waals surface area contributed by atoms with Crippen LogP contribution in [0.5, 0.6) is 0 Å². The van der Waals surface area contributed by atoms with Crippen LogP contribution in [0, 0.1) is 0 Å². The molecule has 1 aromatic rings. The van der Waals surface area contributed by atoms with Crippen LogP contribution in [-0.2, 0) is 16.8 Å². The number of pyridine rings is 1. The number of hydrogen-bond acceptors (Lipinski definition) is 5. The van der Waals surface area contributed by atoms with Gasteiger partial charge < -0.3 is 5.73 Å². The van der Waals surface area contributed by atoms with Crippen LogP contribution in [0.2, 0.25) is 0 Å². The van der Waals surface area contributed by atoms with Crippen molar-refractivity contribution < 1.29 is 8.42 Å². The normalized spacial score (nSPS) is 17.5. The van der Waals surface area contributed by atoms with Crippen LogP contribution in [0.15, 0.2) is 18.3 Å². The fourth-order valence-corrected chi connectivity index (χ4v) is 4.73. The molecule has 0 amide bonds. The largest absolute Gasteiger partial charge is 0.383 e. The number of rotatable bonds is 8. The summed E-state index contributed by atoms with van der Waals surface area (Å²) in [5, 5.41) is 0. The minimum Gasteiger partial charge on any atom is -0.383 e. The van der Waals surface area contributed by atoms with Gasteiger partial charge in [0.1, 0.15) is 5.82 Å². The Morgan fingerprint density at radius 3 is 2.33 bits per heavy atom. The second-order valence-electron chi connectivity index (χ2n) is 6.13. The minimum atomic E-state index is -3.35. The third kappa shape index (κ3) is 4.66. The molecule has 1 aliphatic rings. The summed E-state index contributed by atoms with van der Waals surface area (Å²) in [6.45, 7) is 8.35. The van der Waals surface area contributed by atoms with Crippen molar-refractivity contribution in [3.8, 4) is 0 Å². The lowest BCUT2D eigenvalue weighted by Crippen LogP contribution is -2.53. The van der Waals surface area contributed by atoms with Crippen molar-refractivity contribution in [1.29, 1.82) is 0 Å². The molecule has 136 valence electrons. The molecule has 0 atom stereocenters. The molecule has 7 nitrogen and oxygen atoms in total. The monoisotopic (exact) mass is 355 g/mol. The molecule has 1 saturated heterocycles. The summed E-state index contributed by atoms with van der Waals surface area (Å²) in [6.07, 6.45) is 3.35. The van der Waals surface area contributed by atoms with Gasteiger partial charge in [0, 0.05) is 57.6 Å². The first-order valence-corrected chi connectivity index (χ1v) is 10.1. The molecule has 8 heteroatoms. The van der Waals surface area contributed by atoms with Crippen molar-refractivity contribution in [2.75, 3.05) is 45.0 Å². The SMILES string of the molecule is CCCN(CCC)S(=O)(=O)N1CCN(Cc2cccnc2N)CC1. The molecule has 2 N–H and O–H groups in total. The summed E-state index contributed by atoms with van der Waals surface area (Å²) in [4.78, 5) is 6.33. The van der Waals surface area contributed by atoms with E-state index in [1.54, 1.807) is 14.8 Å². The highest BCUT2D eigenvalue weighted by atomic mass is 32.2. The second kappa shape index (κ2) is 8.75. The van der Waals surface area contributed by atoms with Gasteiger partial charge in [0.2, 0.25) is 0 Å². The van der Waals surface area contributed by atoms with Gasteiger partial charge in [-0.25, -0.2) is 4.98 Å². The van der Waals surface area contributed by atoms with Gasteiger partial charge in [-0.2, -0.15) is 17.0 Å². The van der Waals surface area contributed by atoms with Gasteiger partial charge in [-0.1, -0.05) is 19.9 Å². The molecule has 2 rings (SSSR count). The van der Waals surface area contributed by atoms with Crippen molar-refractivity contribution in [3.63, 3.8) is 0 Å². The number of anilines is 1. The van der Waals surface area contributed by atoms with Crippen molar-refractivity contribution in [2.45, 2.75) is 33.2 Å². The van der Waals surface area contributed by atoms with Crippen molar-refractivity contribution in [3.05, 3.63) is 23.9 Å². The number of piperazine rings is 1. The maximum absolute atomic E-state index is 12.8. The molecule has 2 heterocycles. The Kier molecular flexibility index (Phi) is 6.97. The van der Waals surface area contributed by atoms with Gasteiger partial charge in [-0.05, 0) is 18.9 Å². The molecule has 1 fully saturated rings. The van der Waals surface area contributed by atoms with E-state index in [2.05, 4.69) is 9.88 Å². The molecule has 0 bridgehead atoms. The van der Waals surface area contributed by atoms with E-state index in [-0.39, 0.29) is 0 Å². The summed E-state index contributed by atoms with van der Waals surface area (Å²) in [7, 11) is -3.35. The summed E-state index contributed by atoms with van der Waals surface area (Å²) >= 11 is 0. The lowest BCUT2D eigenvalue weighted by Gasteiger charge is -2.36. The quantitative estimate of drug-likeness (QED) is 0.756. The maximum atomic E-state index is 12.8. The van der Waals surface area contributed by atoms with Crippen LogP contribution >= 0.6 is 0 Å². The molecule has 24 heavy (non-hydrogen) atoms. The number of hydrogen-bond donors (Lipinski definition) is 1. The summed E-state index contributed by atoms with van der Waals surface area (Å²) in [5.41, 5.74) is 6.88. The van der Waals surface area contributed by atoms with Crippen molar-refractivity contribution >= 4 is 16.0 Å². The van der Waals surface area contributed by atoms with Gasteiger partial charge in [0.15, 0.2) is 0 Å². The first-order valence-electron chi connectivity index (χ1n) is 8.66. The van der Waals surface area contributed by atoms with E-state index in [1.165, 1.54) is 0 Å². The molecule has 0 unspecified atom stereocenters. The minimum absolute atomic E-state index is 0.520. The Labute approximate surface area is 145 Å². The van der Waals surface area contributed by atoms with Crippen LogP contribution in [0.4, 0.5) is 5.82 Å². The second-order valence-corrected chi connectivity index (χ2v) is 8.06. The van der Waals surface area contributed by atoms with Gasteiger partial charge in [0.25, 0.3) is 10.2 Å². The molecule has 0 spiro atoms. The Morgan fingerprint density at radius 1 is 1.17 bits per heavy atom. The molecule has 1 aromatic heterocycles. The van der Waals surface area contributed by atoms with Crippen molar-refractivity contribution in [1.82, 2.24) is 18.5 Å². The topological polar surface area (TPSA) is 82.8 Å². The summed E-state index contributed by atoms with van der Waals surface area (Å²) in [5.74, 6) is 0.546. The zero-order valence-electron chi connectivity index (χ0n) is 14.7. The molecular weight excluding hydrogens is 326 g/mol. The molecule has 0 aromatic carbocycles. The fourth-order valence-electron chi connectivity index (χ4n) is 2.95. The zero-order chi connectivity index (χ0) is 17.6. The Hall–Kier alpha value is -1.22.